The summed E-state index contributed by atoms with van der Waals surface area (Å²) < 4.78 is 1.95. The molecule has 1 saturated carbocycles. The van der Waals surface area contributed by atoms with Gasteiger partial charge in [-0.15, -0.1) is 0 Å². The van der Waals surface area contributed by atoms with E-state index >= 15 is 0 Å². The molecule has 3 N–H and O–H groups in total. The Morgan fingerprint density at radius 2 is 2.00 bits per heavy atom. The fraction of sp³-hybridized carbons (Fsp3) is 0.194. The molecule has 1 aliphatic rings. The van der Waals surface area contributed by atoms with Crippen LogP contribution in [0.2, 0.25) is 0 Å². The average Bonchev–Trinajstić information content (AvgIpc) is 3.62. The van der Waals surface area contributed by atoms with Crippen molar-refractivity contribution in [3.63, 3.8) is 0 Å². The highest BCUT2D eigenvalue weighted by atomic mass is 15.1. The topological polar surface area (TPSA) is 87.2 Å². The third kappa shape index (κ3) is 4.26. The van der Waals surface area contributed by atoms with Gasteiger partial charge < -0.3 is 10.3 Å². The molecule has 0 saturated heterocycles. The minimum atomic E-state index is 0.557. The first kappa shape index (κ1) is 23.7. The number of hydrogen-bond acceptors (Lipinski definition) is 4. The van der Waals surface area contributed by atoms with E-state index in [-0.39, 0.29) is 0 Å². The number of benzene rings is 1. The molecule has 7 heteroatoms. The first-order valence-corrected chi connectivity index (χ1v) is 13.0. The van der Waals surface area contributed by atoms with Crippen LogP contribution < -0.4 is 5.32 Å². The SMILES string of the molecule is C=C/C(=C\C(=C/C)c1ccc2[nH]nc(-c3cc4c(-n5cnc(C)c5)nccc4[nH]3)c2c1)NC(=C)C1CCC1. The molecule has 6 rings (SSSR count). The number of pyridine rings is 1. The second-order valence-electron chi connectivity index (χ2n) is 9.86. The zero-order chi connectivity index (χ0) is 26.2. The van der Waals surface area contributed by atoms with Crippen molar-refractivity contribution in [2.24, 2.45) is 5.92 Å². The number of nitrogens with one attached hydrogen (secondary N) is 3. The summed E-state index contributed by atoms with van der Waals surface area (Å²) in [5, 5.41) is 13.4. The lowest BCUT2D eigenvalue weighted by Crippen LogP contribution is -2.23. The minimum absolute atomic E-state index is 0.557. The molecule has 1 fully saturated rings. The lowest BCUT2D eigenvalue weighted by molar-refractivity contribution is 0.356. The maximum atomic E-state index is 4.67. The van der Waals surface area contributed by atoms with Gasteiger partial charge in [0.15, 0.2) is 0 Å². The summed E-state index contributed by atoms with van der Waals surface area (Å²) in [6.45, 7) is 12.3. The van der Waals surface area contributed by atoms with E-state index in [0.29, 0.717) is 5.92 Å². The van der Waals surface area contributed by atoms with Crippen LogP contribution in [0.5, 0.6) is 0 Å². The van der Waals surface area contributed by atoms with Crippen molar-refractivity contribution in [2.75, 3.05) is 0 Å². The van der Waals surface area contributed by atoms with Gasteiger partial charge in [0.1, 0.15) is 17.8 Å². The second kappa shape index (κ2) is 9.67. The van der Waals surface area contributed by atoms with Crippen LogP contribution in [0.4, 0.5) is 0 Å². The highest BCUT2D eigenvalue weighted by Crippen LogP contribution is 2.33. The summed E-state index contributed by atoms with van der Waals surface area (Å²) in [6, 6.07) is 10.5. The molecule has 4 heterocycles. The van der Waals surface area contributed by atoms with Gasteiger partial charge in [-0.05, 0) is 80.2 Å². The fourth-order valence-electron chi connectivity index (χ4n) is 5.00. The quantitative estimate of drug-likeness (QED) is 0.200. The van der Waals surface area contributed by atoms with Crippen LogP contribution in [0.1, 0.15) is 37.4 Å². The number of H-pyrrole nitrogens is 2. The number of rotatable bonds is 8. The maximum Gasteiger partial charge on any atom is 0.147 e. The van der Waals surface area contributed by atoms with Crippen LogP contribution in [0.15, 0.2) is 91.8 Å². The average molecular weight is 502 g/mol. The molecule has 0 unspecified atom stereocenters. The summed E-state index contributed by atoms with van der Waals surface area (Å²) in [4.78, 5) is 12.5. The molecule has 1 aliphatic carbocycles. The molecule has 5 aromatic rings. The van der Waals surface area contributed by atoms with Crippen molar-refractivity contribution in [3.05, 3.63) is 103 Å². The number of imidazole rings is 1. The summed E-state index contributed by atoms with van der Waals surface area (Å²) in [6.07, 6.45) is 15.4. The van der Waals surface area contributed by atoms with Crippen LogP contribution in [0.3, 0.4) is 0 Å². The third-order valence-corrected chi connectivity index (χ3v) is 7.38. The molecule has 0 amide bonds. The van der Waals surface area contributed by atoms with Crippen molar-refractivity contribution in [2.45, 2.75) is 33.1 Å². The predicted molar refractivity (Wildman–Crippen MR) is 155 cm³/mol. The summed E-state index contributed by atoms with van der Waals surface area (Å²) in [7, 11) is 0. The van der Waals surface area contributed by atoms with Gasteiger partial charge >= 0.3 is 0 Å². The Bertz CT molecular complexity index is 1740. The molecule has 0 spiro atoms. The Labute approximate surface area is 221 Å². The first-order valence-electron chi connectivity index (χ1n) is 13.0. The van der Waals surface area contributed by atoms with Crippen molar-refractivity contribution < 1.29 is 0 Å². The Kier molecular flexibility index (Phi) is 6.04. The maximum absolute atomic E-state index is 4.67. The molecule has 4 aromatic heterocycles. The largest absolute Gasteiger partial charge is 0.359 e. The number of hydrogen-bond donors (Lipinski definition) is 3. The van der Waals surface area contributed by atoms with Gasteiger partial charge in [0.25, 0.3) is 0 Å². The van der Waals surface area contributed by atoms with Gasteiger partial charge in [0.05, 0.1) is 22.4 Å². The second-order valence-corrected chi connectivity index (χ2v) is 9.86. The van der Waals surface area contributed by atoms with E-state index in [1.54, 1.807) is 6.33 Å². The van der Waals surface area contributed by atoms with Crippen LogP contribution in [0.25, 0.3) is 44.6 Å². The number of aromatic amines is 2. The predicted octanol–water partition coefficient (Wildman–Crippen LogP) is 6.98. The number of aryl methyl sites for hydroxylation is 1. The van der Waals surface area contributed by atoms with Crippen molar-refractivity contribution in [1.82, 2.24) is 35.0 Å². The molecule has 0 aliphatic heterocycles. The van der Waals surface area contributed by atoms with Gasteiger partial charge in [-0.3, -0.25) is 9.67 Å². The van der Waals surface area contributed by atoms with E-state index in [2.05, 4.69) is 87.0 Å². The standard InChI is InChI=1S/C31H31N7/c1-5-21(14-24(6-2)34-20(4)22-8-7-9-22)23-10-11-28-25(15-23)30(37-36-28)29-16-26-27(35-29)12-13-32-31(26)38-17-19(3)33-18-38/h5-6,10-18,22,34-35H,2,4,7-9H2,1,3H3,(H,36,37)/b21-5+,24-14+. The van der Waals surface area contributed by atoms with E-state index in [4.69, 9.17) is 0 Å². The van der Waals surface area contributed by atoms with Crippen molar-refractivity contribution >= 4 is 27.4 Å². The fourth-order valence-corrected chi connectivity index (χ4v) is 5.00. The minimum Gasteiger partial charge on any atom is -0.359 e. The van der Waals surface area contributed by atoms with Crippen LogP contribution in [-0.2, 0) is 0 Å². The lowest BCUT2D eigenvalue weighted by Gasteiger charge is -2.28. The summed E-state index contributed by atoms with van der Waals surface area (Å²) in [5.74, 6) is 1.39. The normalized spacial score (nSPS) is 14.7. The summed E-state index contributed by atoms with van der Waals surface area (Å²) in [5.41, 5.74) is 8.94. The molecule has 1 aromatic carbocycles. The molecule has 7 nitrogen and oxygen atoms in total. The molecule has 38 heavy (non-hydrogen) atoms. The van der Waals surface area contributed by atoms with Gasteiger partial charge in [-0.25, -0.2) is 9.97 Å². The van der Waals surface area contributed by atoms with Gasteiger partial charge in [0, 0.05) is 34.6 Å². The lowest BCUT2D eigenvalue weighted by atomic mass is 9.83. The zero-order valence-electron chi connectivity index (χ0n) is 21.8. The van der Waals surface area contributed by atoms with Crippen LogP contribution in [-0.4, -0.2) is 29.7 Å². The molecule has 190 valence electrons. The number of nitrogens with zero attached hydrogens (tertiary/aromatic N) is 4. The summed E-state index contributed by atoms with van der Waals surface area (Å²) >= 11 is 0. The van der Waals surface area contributed by atoms with E-state index < -0.39 is 0 Å². The molecular formula is C31H31N7. The van der Waals surface area contributed by atoms with Gasteiger partial charge in [0.2, 0.25) is 0 Å². The first-order chi connectivity index (χ1) is 18.5. The Morgan fingerprint density at radius 3 is 2.71 bits per heavy atom. The monoisotopic (exact) mass is 501 g/mol. The van der Waals surface area contributed by atoms with E-state index in [1.807, 2.05) is 36.0 Å². The number of allylic oxidation sites excluding steroid dienone is 5. The Balaban J connectivity index is 1.37. The molecule has 0 atom stereocenters. The van der Waals surface area contributed by atoms with Gasteiger partial charge in [-0.2, -0.15) is 5.10 Å². The van der Waals surface area contributed by atoms with E-state index in [9.17, 15) is 0 Å². The zero-order valence-corrected chi connectivity index (χ0v) is 21.8. The van der Waals surface area contributed by atoms with Crippen LogP contribution in [0, 0.1) is 12.8 Å². The highest BCUT2D eigenvalue weighted by Gasteiger charge is 2.20. The third-order valence-electron chi connectivity index (χ3n) is 7.38. The highest BCUT2D eigenvalue weighted by molar-refractivity contribution is 5.98. The molecule has 0 radical (unpaired) electrons. The van der Waals surface area contributed by atoms with Gasteiger partial charge in [-0.1, -0.05) is 31.7 Å². The van der Waals surface area contributed by atoms with Crippen molar-refractivity contribution in [1.29, 1.82) is 0 Å². The molecular weight excluding hydrogens is 470 g/mol. The Hall–Kier alpha value is -4.65. The van der Waals surface area contributed by atoms with Crippen molar-refractivity contribution in [3.8, 4) is 17.2 Å². The van der Waals surface area contributed by atoms with E-state index in [1.165, 1.54) is 19.3 Å². The number of aromatic nitrogens is 6. The van der Waals surface area contributed by atoms with E-state index in [0.717, 1.165) is 67.2 Å². The smallest absolute Gasteiger partial charge is 0.147 e. The molecule has 0 bridgehead atoms. The number of fused-ring (bicyclic) bond motifs is 2. The Morgan fingerprint density at radius 1 is 1.13 bits per heavy atom. The van der Waals surface area contributed by atoms with Crippen LogP contribution >= 0.6 is 0 Å².